The number of hydrogen-bond donors (Lipinski definition) is 1. The van der Waals surface area contributed by atoms with Crippen molar-refractivity contribution in [2.45, 2.75) is 13.1 Å². The number of rotatable bonds is 8. The summed E-state index contributed by atoms with van der Waals surface area (Å²) in [5.41, 5.74) is 3.78. The Hall–Kier alpha value is -2.93. The van der Waals surface area contributed by atoms with Gasteiger partial charge in [0.25, 0.3) is 5.91 Å². The molecule has 3 aromatic rings. The van der Waals surface area contributed by atoms with Gasteiger partial charge in [-0.05, 0) is 54.1 Å². The molecule has 1 aliphatic rings. The summed E-state index contributed by atoms with van der Waals surface area (Å²) in [6.07, 6.45) is 0. The average Bonchev–Trinajstić information content (AvgIpc) is 2.84. The summed E-state index contributed by atoms with van der Waals surface area (Å²) in [7, 11) is 2.13. The van der Waals surface area contributed by atoms with Crippen molar-refractivity contribution in [1.29, 1.82) is 0 Å². The quantitative estimate of drug-likeness (QED) is 0.511. The van der Waals surface area contributed by atoms with E-state index in [9.17, 15) is 9.18 Å². The molecule has 3 aromatic carbocycles. The number of likely N-dealkylation sites (N-methyl/N-ethyl adjacent to an activating group) is 1. The van der Waals surface area contributed by atoms with Crippen LogP contribution < -0.4 is 10.1 Å². The maximum Gasteiger partial charge on any atom is 0.258 e. The Labute approximate surface area is 205 Å². The lowest BCUT2D eigenvalue weighted by molar-refractivity contribution is -0.123. The van der Waals surface area contributed by atoms with Crippen LogP contribution >= 0.6 is 11.6 Å². The van der Waals surface area contributed by atoms with Crippen molar-refractivity contribution in [3.63, 3.8) is 0 Å². The zero-order chi connectivity index (χ0) is 23.9. The van der Waals surface area contributed by atoms with Crippen LogP contribution in [0.3, 0.4) is 0 Å². The minimum absolute atomic E-state index is 0.0872. The second kappa shape index (κ2) is 11.5. The van der Waals surface area contributed by atoms with Gasteiger partial charge in [-0.3, -0.25) is 9.69 Å². The van der Waals surface area contributed by atoms with Crippen LogP contribution in [0.15, 0.2) is 66.7 Å². The van der Waals surface area contributed by atoms with E-state index in [0.717, 1.165) is 55.0 Å². The summed E-state index contributed by atoms with van der Waals surface area (Å²) in [4.78, 5) is 17.1. The molecule has 7 heteroatoms. The number of nitrogens with one attached hydrogen (secondary N) is 1. The maximum atomic E-state index is 13.4. The smallest absolute Gasteiger partial charge is 0.258 e. The Kier molecular flexibility index (Phi) is 8.16. The second-order valence-corrected chi connectivity index (χ2v) is 8.97. The minimum atomic E-state index is -0.260. The second-order valence-electron chi connectivity index (χ2n) is 8.57. The molecule has 1 amide bonds. The molecule has 0 spiro atoms. The molecule has 4 rings (SSSR count). The van der Waals surface area contributed by atoms with Crippen LogP contribution in [-0.2, 0) is 17.9 Å². The first kappa shape index (κ1) is 24.2. The summed E-state index contributed by atoms with van der Waals surface area (Å²) in [6, 6.07) is 19.8. The Balaban J connectivity index is 1.45. The highest BCUT2D eigenvalue weighted by Crippen LogP contribution is 2.28. The highest BCUT2D eigenvalue weighted by Gasteiger charge is 2.17. The minimum Gasteiger partial charge on any atom is -0.483 e. The number of amides is 1. The number of benzene rings is 3. The van der Waals surface area contributed by atoms with Crippen LogP contribution in [0.1, 0.15) is 11.1 Å². The molecule has 0 unspecified atom stereocenters. The topological polar surface area (TPSA) is 44.8 Å². The molecule has 0 bridgehead atoms. The van der Waals surface area contributed by atoms with Gasteiger partial charge in [-0.1, -0.05) is 48.0 Å². The van der Waals surface area contributed by atoms with Gasteiger partial charge < -0.3 is 15.0 Å². The lowest BCUT2D eigenvalue weighted by atomic mass is 10.0. The molecule has 0 atom stereocenters. The van der Waals surface area contributed by atoms with E-state index in [1.807, 2.05) is 30.3 Å². The molecule has 1 aliphatic heterocycles. The Bertz CT molecular complexity index is 1120. The van der Waals surface area contributed by atoms with Gasteiger partial charge in [0.1, 0.15) is 11.6 Å². The van der Waals surface area contributed by atoms with Crippen molar-refractivity contribution in [2.24, 2.45) is 0 Å². The summed E-state index contributed by atoms with van der Waals surface area (Å²) in [5.74, 6) is 0.204. The number of nitrogens with zero attached hydrogens (tertiary/aromatic N) is 2. The molecule has 5 nitrogen and oxygen atoms in total. The summed E-state index contributed by atoms with van der Waals surface area (Å²) in [6.45, 7) is 4.94. The van der Waals surface area contributed by atoms with Gasteiger partial charge in [0, 0.05) is 49.9 Å². The van der Waals surface area contributed by atoms with Crippen molar-refractivity contribution in [1.82, 2.24) is 15.1 Å². The fourth-order valence-corrected chi connectivity index (χ4v) is 4.15. The molecule has 0 aliphatic carbocycles. The lowest BCUT2D eigenvalue weighted by Gasteiger charge is -2.32. The molecule has 34 heavy (non-hydrogen) atoms. The number of halogens is 2. The summed E-state index contributed by atoms with van der Waals surface area (Å²) >= 11 is 6.17. The number of carbonyl (C=O) groups excluding carboxylic acids is 1. The van der Waals surface area contributed by atoms with Gasteiger partial charge in [0.15, 0.2) is 6.61 Å². The first-order chi connectivity index (χ1) is 16.5. The zero-order valence-corrected chi connectivity index (χ0v) is 20.0. The van der Waals surface area contributed by atoms with E-state index >= 15 is 0 Å². The van der Waals surface area contributed by atoms with Crippen LogP contribution in [0.4, 0.5) is 4.39 Å². The number of piperazine rings is 1. The molecule has 1 N–H and O–H groups in total. The fourth-order valence-electron chi connectivity index (χ4n) is 3.94. The highest BCUT2D eigenvalue weighted by molar-refractivity contribution is 6.31. The zero-order valence-electron chi connectivity index (χ0n) is 19.3. The van der Waals surface area contributed by atoms with E-state index in [1.54, 1.807) is 18.2 Å². The summed E-state index contributed by atoms with van der Waals surface area (Å²) < 4.78 is 19.3. The van der Waals surface area contributed by atoms with E-state index in [0.29, 0.717) is 17.3 Å². The normalized spacial score (nSPS) is 14.7. The molecule has 1 saturated heterocycles. The molecule has 1 heterocycles. The van der Waals surface area contributed by atoms with Crippen molar-refractivity contribution in [2.75, 3.05) is 39.8 Å². The average molecular weight is 482 g/mol. The predicted octanol–water partition coefficient (Wildman–Crippen LogP) is 4.59. The molecule has 0 saturated carbocycles. The number of ether oxygens (including phenoxy) is 1. The first-order valence-electron chi connectivity index (χ1n) is 11.4. The van der Waals surface area contributed by atoms with Gasteiger partial charge in [0.05, 0.1) is 0 Å². The SMILES string of the molecule is CN1CCN(Cc2cc(-c3ccc(F)cc3)ccc2OCC(=O)NCc2ccccc2Cl)CC1. The Morgan fingerprint density at radius 1 is 0.971 bits per heavy atom. The van der Waals surface area contributed by atoms with Crippen LogP contribution in [0, 0.1) is 5.82 Å². The van der Waals surface area contributed by atoms with Gasteiger partial charge in [-0.2, -0.15) is 0 Å². The Morgan fingerprint density at radius 3 is 2.41 bits per heavy atom. The van der Waals surface area contributed by atoms with E-state index in [-0.39, 0.29) is 18.3 Å². The van der Waals surface area contributed by atoms with Gasteiger partial charge in [0.2, 0.25) is 0 Å². The maximum absolute atomic E-state index is 13.4. The lowest BCUT2D eigenvalue weighted by Crippen LogP contribution is -2.43. The molecule has 178 valence electrons. The molecule has 0 radical (unpaired) electrons. The van der Waals surface area contributed by atoms with Gasteiger partial charge in [-0.25, -0.2) is 4.39 Å². The van der Waals surface area contributed by atoms with E-state index in [4.69, 9.17) is 16.3 Å². The third kappa shape index (κ3) is 6.56. The van der Waals surface area contributed by atoms with Crippen molar-refractivity contribution in [3.05, 3.63) is 88.7 Å². The van der Waals surface area contributed by atoms with E-state index < -0.39 is 0 Å². The monoisotopic (exact) mass is 481 g/mol. The predicted molar refractivity (Wildman–Crippen MR) is 133 cm³/mol. The summed E-state index contributed by atoms with van der Waals surface area (Å²) in [5, 5.41) is 3.48. The number of carbonyl (C=O) groups is 1. The standard InChI is InChI=1S/C27H29ClFN3O2/c1-31-12-14-32(15-13-31)18-23-16-21(20-6-9-24(29)10-7-20)8-11-26(23)34-19-27(33)30-17-22-4-2-3-5-25(22)28/h2-11,16H,12-15,17-19H2,1H3,(H,30,33). The van der Waals surface area contributed by atoms with Crippen LogP contribution in [-0.4, -0.2) is 55.5 Å². The van der Waals surface area contributed by atoms with Crippen LogP contribution in [0.5, 0.6) is 5.75 Å². The highest BCUT2D eigenvalue weighted by atomic mass is 35.5. The fraction of sp³-hybridized carbons (Fsp3) is 0.296. The van der Waals surface area contributed by atoms with Crippen LogP contribution in [0.2, 0.25) is 5.02 Å². The molecule has 0 aromatic heterocycles. The van der Waals surface area contributed by atoms with E-state index in [2.05, 4.69) is 28.2 Å². The molecule has 1 fully saturated rings. The molecular formula is C27H29ClFN3O2. The van der Waals surface area contributed by atoms with Crippen molar-refractivity contribution >= 4 is 17.5 Å². The van der Waals surface area contributed by atoms with Gasteiger partial charge >= 0.3 is 0 Å². The van der Waals surface area contributed by atoms with Crippen LogP contribution in [0.25, 0.3) is 11.1 Å². The van der Waals surface area contributed by atoms with Crippen molar-refractivity contribution < 1.29 is 13.9 Å². The van der Waals surface area contributed by atoms with Crippen molar-refractivity contribution in [3.8, 4) is 16.9 Å². The van der Waals surface area contributed by atoms with Gasteiger partial charge in [-0.15, -0.1) is 0 Å². The largest absolute Gasteiger partial charge is 0.483 e. The number of hydrogen-bond acceptors (Lipinski definition) is 4. The molecular weight excluding hydrogens is 453 g/mol. The third-order valence-corrected chi connectivity index (χ3v) is 6.39. The third-order valence-electron chi connectivity index (χ3n) is 6.02. The Morgan fingerprint density at radius 2 is 1.68 bits per heavy atom. The first-order valence-corrected chi connectivity index (χ1v) is 11.8. The van der Waals surface area contributed by atoms with E-state index in [1.165, 1.54) is 12.1 Å².